The van der Waals surface area contributed by atoms with Gasteiger partial charge in [-0.2, -0.15) is 0 Å². The smallest absolute Gasteiger partial charge is 0.340 e. The number of carbonyl (C=O) groups excluding carboxylic acids is 1. The van der Waals surface area contributed by atoms with E-state index in [1.54, 1.807) is 19.1 Å². The molecule has 6 heteroatoms. The number of halogens is 1. The first-order chi connectivity index (χ1) is 10.0. The van der Waals surface area contributed by atoms with E-state index in [0.717, 1.165) is 5.56 Å². The first-order valence-corrected chi connectivity index (χ1v) is 6.75. The lowest BCUT2D eigenvalue weighted by molar-refractivity contribution is 0.0527. The van der Waals surface area contributed by atoms with E-state index in [1.165, 1.54) is 12.3 Å². The number of carbonyl (C=O) groups is 1. The molecule has 0 radical (unpaired) electrons. The summed E-state index contributed by atoms with van der Waals surface area (Å²) in [7, 11) is 0. The third-order valence-corrected chi connectivity index (χ3v) is 3.00. The highest BCUT2D eigenvalue weighted by molar-refractivity contribution is 6.32. The van der Waals surface area contributed by atoms with Crippen LogP contribution in [0.4, 0.5) is 5.69 Å². The Hall–Kier alpha value is -2.27. The Morgan fingerprint density at radius 3 is 2.81 bits per heavy atom. The molecule has 0 unspecified atom stereocenters. The van der Waals surface area contributed by atoms with Gasteiger partial charge in [-0.05, 0) is 31.5 Å². The molecule has 110 valence electrons. The van der Waals surface area contributed by atoms with Gasteiger partial charge in [0.15, 0.2) is 0 Å². The van der Waals surface area contributed by atoms with Gasteiger partial charge in [-0.25, -0.2) is 9.78 Å². The number of hydrogen-bond donors (Lipinski definition) is 1. The molecule has 0 saturated carbocycles. The SMILES string of the molecule is CCOC(=O)c1cc(Oc2ccc(C)cc2Cl)ncc1N. The van der Waals surface area contributed by atoms with E-state index in [9.17, 15) is 4.79 Å². The van der Waals surface area contributed by atoms with Crippen LogP contribution in [-0.4, -0.2) is 17.6 Å². The Morgan fingerprint density at radius 1 is 1.38 bits per heavy atom. The maximum Gasteiger partial charge on any atom is 0.340 e. The largest absolute Gasteiger partial charge is 0.462 e. The molecule has 0 fully saturated rings. The van der Waals surface area contributed by atoms with Crippen molar-refractivity contribution in [3.63, 3.8) is 0 Å². The van der Waals surface area contributed by atoms with Crippen molar-refractivity contribution < 1.29 is 14.3 Å². The van der Waals surface area contributed by atoms with Crippen LogP contribution in [-0.2, 0) is 4.74 Å². The highest BCUT2D eigenvalue weighted by Crippen LogP contribution is 2.30. The number of hydrogen-bond acceptors (Lipinski definition) is 5. The molecule has 0 saturated heterocycles. The lowest BCUT2D eigenvalue weighted by Crippen LogP contribution is -2.08. The fourth-order valence-electron chi connectivity index (χ4n) is 1.69. The van der Waals surface area contributed by atoms with E-state index in [-0.39, 0.29) is 23.7 Å². The maximum atomic E-state index is 11.8. The van der Waals surface area contributed by atoms with E-state index >= 15 is 0 Å². The molecule has 1 heterocycles. The second-order valence-electron chi connectivity index (χ2n) is 4.37. The predicted octanol–water partition coefficient (Wildman–Crippen LogP) is 3.59. The molecule has 0 aliphatic carbocycles. The number of nitrogen functional groups attached to an aromatic ring is 1. The summed E-state index contributed by atoms with van der Waals surface area (Å²) in [6, 6.07) is 6.81. The van der Waals surface area contributed by atoms with Gasteiger partial charge in [-0.15, -0.1) is 0 Å². The summed E-state index contributed by atoms with van der Waals surface area (Å²) in [6.45, 7) is 3.91. The molecular weight excluding hydrogens is 292 g/mol. The molecule has 0 bridgehead atoms. The Balaban J connectivity index is 2.28. The molecular formula is C15H15ClN2O3. The fraction of sp³-hybridized carbons (Fsp3) is 0.200. The summed E-state index contributed by atoms with van der Waals surface area (Å²) in [4.78, 5) is 15.8. The lowest BCUT2D eigenvalue weighted by atomic mass is 10.2. The Kier molecular flexibility index (Phi) is 4.65. The third kappa shape index (κ3) is 3.64. The number of benzene rings is 1. The number of ether oxygens (including phenoxy) is 2. The van der Waals surface area contributed by atoms with Crippen LogP contribution >= 0.6 is 11.6 Å². The fourth-order valence-corrected chi connectivity index (χ4v) is 1.96. The van der Waals surface area contributed by atoms with Crippen molar-refractivity contribution in [2.24, 2.45) is 0 Å². The van der Waals surface area contributed by atoms with Crippen molar-refractivity contribution in [2.45, 2.75) is 13.8 Å². The lowest BCUT2D eigenvalue weighted by Gasteiger charge is -2.10. The van der Waals surface area contributed by atoms with Crippen molar-refractivity contribution in [3.05, 3.63) is 46.6 Å². The van der Waals surface area contributed by atoms with Crippen molar-refractivity contribution in [3.8, 4) is 11.6 Å². The van der Waals surface area contributed by atoms with E-state index in [1.807, 2.05) is 13.0 Å². The second kappa shape index (κ2) is 6.45. The van der Waals surface area contributed by atoms with Crippen molar-refractivity contribution in [2.75, 3.05) is 12.3 Å². The predicted molar refractivity (Wildman–Crippen MR) is 80.9 cm³/mol. The van der Waals surface area contributed by atoms with E-state index < -0.39 is 5.97 Å². The summed E-state index contributed by atoms with van der Waals surface area (Å²) < 4.78 is 10.5. The zero-order valence-corrected chi connectivity index (χ0v) is 12.5. The van der Waals surface area contributed by atoms with E-state index in [0.29, 0.717) is 10.8 Å². The first-order valence-electron chi connectivity index (χ1n) is 6.38. The molecule has 21 heavy (non-hydrogen) atoms. The zero-order chi connectivity index (χ0) is 15.4. The van der Waals surface area contributed by atoms with Crippen LogP contribution in [0.3, 0.4) is 0 Å². The number of aryl methyl sites for hydroxylation is 1. The highest BCUT2D eigenvalue weighted by atomic mass is 35.5. The average Bonchev–Trinajstić information content (AvgIpc) is 2.44. The molecule has 0 spiro atoms. The second-order valence-corrected chi connectivity index (χ2v) is 4.77. The maximum absolute atomic E-state index is 11.8. The minimum atomic E-state index is -0.516. The van der Waals surface area contributed by atoms with E-state index in [2.05, 4.69) is 4.98 Å². The van der Waals surface area contributed by atoms with Gasteiger partial charge in [0.25, 0.3) is 0 Å². The van der Waals surface area contributed by atoms with Gasteiger partial charge >= 0.3 is 5.97 Å². The summed E-state index contributed by atoms with van der Waals surface area (Å²) in [5.41, 5.74) is 7.18. The van der Waals surface area contributed by atoms with Gasteiger partial charge < -0.3 is 15.2 Å². The number of nitrogens with zero attached hydrogens (tertiary/aromatic N) is 1. The van der Waals surface area contributed by atoms with Crippen LogP contribution in [0.15, 0.2) is 30.5 Å². The number of aromatic nitrogens is 1. The monoisotopic (exact) mass is 306 g/mol. The molecule has 1 aromatic heterocycles. The number of rotatable bonds is 4. The van der Waals surface area contributed by atoms with Crippen LogP contribution < -0.4 is 10.5 Å². The summed E-state index contributed by atoms with van der Waals surface area (Å²) in [6.07, 6.45) is 1.35. The minimum Gasteiger partial charge on any atom is -0.462 e. The number of pyridine rings is 1. The van der Waals surface area contributed by atoms with E-state index in [4.69, 9.17) is 26.8 Å². The molecule has 1 aromatic carbocycles. The number of anilines is 1. The van der Waals surface area contributed by atoms with Crippen LogP contribution in [0.5, 0.6) is 11.6 Å². The van der Waals surface area contributed by atoms with Crippen molar-refractivity contribution in [1.29, 1.82) is 0 Å². The quantitative estimate of drug-likeness (QED) is 0.874. The van der Waals surface area contributed by atoms with Gasteiger partial charge in [0, 0.05) is 6.07 Å². The molecule has 0 atom stereocenters. The Labute approximate surface area is 127 Å². The highest BCUT2D eigenvalue weighted by Gasteiger charge is 2.14. The normalized spacial score (nSPS) is 10.2. The molecule has 5 nitrogen and oxygen atoms in total. The molecule has 2 N–H and O–H groups in total. The van der Waals surface area contributed by atoms with Gasteiger partial charge in [0.05, 0.1) is 29.1 Å². The Morgan fingerprint density at radius 2 is 2.14 bits per heavy atom. The number of esters is 1. The van der Waals surface area contributed by atoms with Gasteiger partial charge in [-0.3, -0.25) is 0 Å². The zero-order valence-electron chi connectivity index (χ0n) is 11.7. The van der Waals surface area contributed by atoms with Gasteiger partial charge in [0.2, 0.25) is 5.88 Å². The van der Waals surface area contributed by atoms with Gasteiger partial charge in [-0.1, -0.05) is 17.7 Å². The summed E-state index contributed by atoms with van der Waals surface area (Å²) >= 11 is 6.09. The van der Waals surface area contributed by atoms with Crippen LogP contribution in [0.2, 0.25) is 5.02 Å². The van der Waals surface area contributed by atoms with Crippen LogP contribution in [0.25, 0.3) is 0 Å². The van der Waals surface area contributed by atoms with Crippen LogP contribution in [0, 0.1) is 6.92 Å². The Bertz CT molecular complexity index is 674. The molecule has 0 amide bonds. The average molecular weight is 307 g/mol. The summed E-state index contributed by atoms with van der Waals surface area (Å²) in [5.74, 6) is 0.157. The van der Waals surface area contributed by atoms with Gasteiger partial charge in [0.1, 0.15) is 5.75 Å². The standard InChI is InChI=1S/C15H15ClN2O3/c1-3-20-15(19)10-7-14(18-8-12(10)17)21-13-5-4-9(2)6-11(13)16/h4-8H,3,17H2,1-2H3. The summed E-state index contributed by atoms with van der Waals surface area (Å²) in [5, 5.41) is 0.464. The van der Waals surface area contributed by atoms with Crippen molar-refractivity contribution >= 4 is 23.3 Å². The topological polar surface area (TPSA) is 74.4 Å². The van der Waals surface area contributed by atoms with Crippen LogP contribution in [0.1, 0.15) is 22.8 Å². The third-order valence-electron chi connectivity index (χ3n) is 2.71. The van der Waals surface area contributed by atoms with Crippen molar-refractivity contribution in [1.82, 2.24) is 4.98 Å². The minimum absolute atomic E-state index is 0.213. The molecule has 0 aliphatic rings. The molecule has 2 aromatic rings. The molecule has 2 rings (SSSR count). The first kappa shape index (κ1) is 15.1. The number of nitrogens with two attached hydrogens (primary N) is 1. The molecule has 0 aliphatic heterocycles.